The Bertz CT molecular complexity index is 1840. The molecule has 0 radical (unpaired) electrons. The highest BCUT2D eigenvalue weighted by Gasteiger charge is 2.18. The number of carbonyl (C=O) groups is 3. The van der Waals surface area contributed by atoms with E-state index in [1.165, 1.54) is 23.1 Å². The lowest BCUT2D eigenvalue weighted by atomic mass is 10.1. The van der Waals surface area contributed by atoms with Gasteiger partial charge in [-0.15, -0.1) is 23.1 Å². The molecule has 0 saturated carbocycles. The van der Waals surface area contributed by atoms with Gasteiger partial charge in [0.1, 0.15) is 5.70 Å². The maximum absolute atomic E-state index is 13.3. The van der Waals surface area contributed by atoms with E-state index in [0.29, 0.717) is 32.0 Å². The minimum Gasteiger partial charge on any atom is -0.321 e. The van der Waals surface area contributed by atoms with Crippen LogP contribution < -0.4 is 16.0 Å². The first-order valence-corrected chi connectivity index (χ1v) is 16.2. The van der Waals surface area contributed by atoms with Gasteiger partial charge in [0.15, 0.2) is 5.13 Å². The zero-order valence-corrected chi connectivity index (χ0v) is 26.9. The van der Waals surface area contributed by atoms with E-state index in [4.69, 9.17) is 23.2 Å². The number of anilines is 2. The van der Waals surface area contributed by atoms with Gasteiger partial charge in [-0.3, -0.25) is 14.4 Å². The van der Waals surface area contributed by atoms with Crippen LogP contribution in [0.15, 0.2) is 119 Å². The van der Waals surface area contributed by atoms with Crippen molar-refractivity contribution in [3.05, 3.63) is 135 Å². The summed E-state index contributed by atoms with van der Waals surface area (Å²) in [5.74, 6) is -1.11. The Morgan fingerprint density at radius 2 is 1.58 bits per heavy atom. The van der Waals surface area contributed by atoms with Crippen molar-refractivity contribution in [3.63, 3.8) is 0 Å². The average Bonchev–Trinajstić information content (AvgIpc) is 3.50. The number of thiazole rings is 1. The molecular weight excluding hydrogens is 647 g/mol. The molecule has 1 aromatic heterocycles. The van der Waals surface area contributed by atoms with Crippen LogP contribution in [-0.2, 0) is 9.59 Å². The summed E-state index contributed by atoms with van der Waals surface area (Å²) in [6.07, 6.45) is 1.56. The minimum absolute atomic E-state index is 0.0521. The molecule has 1 atom stereocenters. The number of benzene rings is 4. The Hall–Kier alpha value is -4.41. The van der Waals surface area contributed by atoms with Crippen LogP contribution in [0.1, 0.15) is 22.8 Å². The molecule has 3 amide bonds. The maximum atomic E-state index is 13.3. The summed E-state index contributed by atoms with van der Waals surface area (Å²) < 4.78 is 0. The molecule has 0 fully saturated rings. The summed E-state index contributed by atoms with van der Waals surface area (Å²) in [5.41, 5.74) is 3.31. The van der Waals surface area contributed by atoms with Crippen LogP contribution in [0.5, 0.6) is 0 Å². The Labute approximate surface area is 278 Å². The first kappa shape index (κ1) is 32.0. The Morgan fingerprint density at radius 1 is 0.844 bits per heavy atom. The SMILES string of the molecule is CC(Sc1ccc(NC(=O)/C(=C/c2cccc(Cl)c2)NC(=O)c2ccccc2)cc1)C(=O)Nc1nc(-c2ccc(Cl)cc2)cs1. The van der Waals surface area contributed by atoms with Crippen LogP contribution >= 0.6 is 46.3 Å². The third-order valence-electron chi connectivity index (χ3n) is 6.36. The van der Waals surface area contributed by atoms with E-state index < -0.39 is 17.1 Å². The van der Waals surface area contributed by atoms with Crippen molar-refractivity contribution in [1.82, 2.24) is 10.3 Å². The quantitative estimate of drug-likeness (QED) is 0.102. The van der Waals surface area contributed by atoms with E-state index in [9.17, 15) is 14.4 Å². The number of amides is 3. The van der Waals surface area contributed by atoms with E-state index in [-0.39, 0.29) is 11.6 Å². The molecule has 11 heteroatoms. The first-order valence-electron chi connectivity index (χ1n) is 13.7. The van der Waals surface area contributed by atoms with Gasteiger partial charge in [-0.05, 0) is 79.2 Å². The summed E-state index contributed by atoms with van der Waals surface area (Å²) in [6, 6.07) is 30.0. The number of nitrogens with zero attached hydrogens (tertiary/aromatic N) is 1. The molecule has 4 aromatic carbocycles. The van der Waals surface area contributed by atoms with Crippen molar-refractivity contribution in [2.45, 2.75) is 17.1 Å². The monoisotopic (exact) mass is 672 g/mol. The number of halogens is 2. The number of hydrogen-bond acceptors (Lipinski definition) is 6. The predicted octanol–water partition coefficient (Wildman–Crippen LogP) is 8.65. The van der Waals surface area contributed by atoms with Crippen molar-refractivity contribution in [2.75, 3.05) is 10.6 Å². The molecule has 5 rings (SSSR count). The molecule has 1 unspecified atom stereocenters. The highest BCUT2D eigenvalue weighted by atomic mass is 35.5. The molecule has 5 aromatic rings. The van der Waals surface area contributed by atoms with Crippen molar-refractivity contribution in [2.24, 2.45) is 0 Å². The summed E-state index contributed by atoms with van der Waals surface area (Å²) >= 11 is 14.8. The smallest absolute Gasteiger partial charge is 0.272 e. The molecule has 226 valence electrons. The second-order valence-corrected chi connectivity index (χ2v) is 12.9. The van der Waals surface area contributed by atoms with Gasteiger partial charge in [-0.25, -0.2) is 4.98 Å². The van der Waals surface area contributed by atoms with E-state index in [1.807, 2.05) is 36.6 Å². The molecule has 0 bridgehead atoms. The number of aromatic nitrogens is 1. The maximum Gasteiger partial charge on any atom is 0.272 e. The lowest BCUT2D eigenvalue weighted by molar-refractivity contribution is -0.115. The Kier molecular flexibility index (Phi) is 10.7. The molecule has 0 spiro atoms. The number of rotatable bonds is 10. The van der Waals surface area contributed by atoms with Gasteiger partial charge < -0.3 is 16.0 Å². The molecular formula is C34H26Cl2N4O3S2. The molecule has 1 heterocycles. The molecule has 3 N–H and O–H groups in total. The van der Waals surface area contributed by atoms with E-state index in [1.54, 1.807) is 84.9 Å². The number of nitrogens with one attached hydrogen (secondary N) is 3. The van der Waals surface area contributed by atoms with Gasteiger partial charge in [0.2, 0.25) is 5.91 Å². The second-order valence-electron chi connectivity index (χ2n) is 9.71. The van der Waals surface area contributed by atoms with E-state index >= 15 is 0 Å². The van der Waals surface area contributed by atoms with Crippen LogP contribution in [0.4, 0.5) is 10.8 Å². The third kappa shape index (κ3) is 9.06. The predicted molar refractivity (Wildman–Crippen MR) is 185 cm³/mol. The zero-order valence-electron chi connectivity index (χ0n) is 23.8. The van der Waals surface area contributed by atoms with Crippen molar-refractivity contribution in [1.29, 1.82) is 0 Å². The number of carbonyl (C=O) groups excluding carboxylic acids is 3. The van der Waals surface area contributed by atoms with Gasteiger partial charge in [-0.2, -0.15) is 0 Å². The summed E-state index contributed by atoms with van der Waals surface area (Å²) in [4.78, 5) is 44.4. The third-order valence-corrected chi connectivity index (χ3v) is 8.71. The van der Waals surface area contributed by atoms with Crippen molar-refractivity contribution in [3.8, 4) is 11.3 Å². The Morgan fingerprint density at radius 3 is 2.29 bits per heavy atom. The topological polar surface area (TPSA) is 100 Å². The highest BCUT2D eigenvalue weighted by Crippen LogP contribution is 2.29. The van der Waals surface area contributed by atoms with Crippen LogP contribution in [-0.4, -0.2) is 28.0 Å². The van der Waals surface area contributed by atoms with Crippen LogP contribution in [0.3, 0.4) is 0 Å². The molecule has 0 aliphatic carbocycles. The zero-order chi connectivity index (χ0) is 31.8. The van der Waals surface area contributed by atoms with Gasteiger partial charge >= 0.3 is 0 Å². The lowest BCUT2D eigenvalue weighted by Crippen LogP contribution is -2.30. The fraction of sp³-hybridized carbons (Fsp3) is 0.0588. The van der Waals surface area contributed by atoms with Crippen LogP contribution in [0, 0.1) is 0 Å². The summed E-state index contributed by atoms with van der Waals surface area (Å²) in [5, 5.41) is 11.6. The first-order chi connectivity index (χ1) is 21.7. The standard InChI is InChI=1S/C34H26Cl2N4O3S2/c1-21(31(41)40-34-39-30(20-44-34)23-10-12-25(35)13-11-23)45-28-16-14-27(15-17-28)37-33(43)29(19-22-6-5-9-26(36)18-22)38-32(42)24-7-3-2-4-8-24/h2-21H,1H3,(H,37,43)(H,38,42)(H,39,40,41)/b29-19-. The van der Waals surface area contributed by atoms with Gasteiger partial charge in [0, 0.05) is 37.1 Å². The van der Waals surface area contributed by atoms with Gasteiger partial charge in [0.25, 0.3) is 11.8 Å². The fourth-order valence-corrected chi connectivity index (χ4v) is 5.98. The molecule has 0 aliphatic rings. The average molecular weight is 674 g/mol. The fourth-order valence-electron chi connectivity index (χ4n) is 4.07. The number of hydrogen-bond donors (Lipinski definition) is 3. The van der Waals surface area contributed by atoms with Crippen LogP contribution in [0.2, 0.25) is 10.0 Å². The number of thioether (sulfide) groups is 1. The van der Waals surface area contributed by atoms with Crippen molar-refractivity contribution < 1.29 is 14.4 Å². The Balaban J connectivity index is 1.21. The second kappa shape index (κ2) is 15.0. The molecule has 45 heavy (non-hydrogen) atoms. The molecule has 0 aliphatic heterocycles. The van der Waals surface area contributed by atoms with Crippen molar-refractivity contribution >= 4 is 80.9 Å². The van der Waals surface area contributed by atoms with Gasteiger partial charge in [-0.1, -0.05) is 65.7 Å². The van der Waals surface area contributed by atoms with Crippen LogP contribution in [0.25, 0.3) is 17.3 Å². The van der Waals surface area contributed by atoms with E-state index in [2.05, 4.69) is 20.9 Å². The minimum atomic E-state index is -0.506. The molecule has 7 nitrogen and oxygen atoms in total. The van der Waals surface area contributed by atoms with E-state index in [0.717, 1.165) is 16.2 Å². The van der Waals surface area contributed by atoms with Gasteiger partial charge in [0.05, 0.1) is 10.9 Å². The molecule has 0 saturated heterocycles. The highest BCUT2D eigenvalue weighted by molar-refractivity contribution is 8.00. The largest absolute Gasteiger partial charge is 0.321 e. The summed E-state index contributed by atoms with van der Waals surface area (Å²) in [6.45, 7) is 1.81. The normalized spacial score (nSPS) is 11.8. The lowest BCUT2D eigenvalue weighted by Gasteiger charge is -2.13. The summed E-state index contributed by atoms with van der Waals surface area (Å²) in [7, 11) is 0.